The van der Waals surface area contributed by atoms with E-state index in [-0.39, 0.29) is 5.56 Å². The van der Waals surface area contributed by atoms with Gasteiger partial charge >= 0.3 is 0 Å². The molecule has 0 radical (unpaired) electrons. The van der Waals surface area contributed by atoms with Crippen LogP contribution in [-0.2, 0) is 0 Å². The van der Waals surface area contributed by atoms with Crippen LogP contribution in [-0.4, -0.2) is 23.8 Å². The molecule has 76 valence electrons. The maximum Gasteiger partial charge on any atom is 0.263 e. The first kappa shape index (κ1) is 11.4. The highest BCUT2D eigenvalue weighted by Crippen LogP contribution is 2.32. The maximum atomic E-state index is 11.3. The van der Waals surface area contributed by atoms with Gasteiger partial charge in [-0.1, -0.05) is 5.92 Å². The topological polar surface area (TPSA) is 32.9 Å². The van der Waals surface area contributed by atoms with E-state index in [4.69, 9.17) is 0 Å². The molecule has 0 atom stereocenters. The molecule has 1 aromatic rings. The van der Waals surface area contributed by atoms with E-state index in [0.29, 0.717) is 5.56 Å². The number of hydrogen-bond donors (Lipinski definition) is 1. The maximum absolute atomic E-state index is 11.3. The summed E-state index contributed by atoms with van der Waals surface area (Å²) in [6.45, 7) is 0. The molecule has 0 aliphatic rings. The fourth-order valence-electron chi connectivity index (χ4n) is 0.758. The summed E-state index contributed by atoms with van der Waals surface area (Å²) in [4.78, 5) is 13.9. The van der Waals surface area contributed by atoms with Crippen molar-refractivity contribution >= 4 is 26.0 Å². The molecule has 2 nitrogen and oxygen atoms in total. The summed E-state index contributed by atoms with van der Waals surface area (Å²) in [6.07, 6.45) is 7.88. The average Bonchev–Trinajstić information content (AvgIpc) is 2.05. The van der Waals surface area contributed by atoms with Gasteiger partial charge in [-0.2, -0.15) is 10.0 Å². The lowest BCUT2D eigenvalue weighted by Crippen LogP contribution is -2.08. The SMILES string of the molecule is CS(C)(C)C#Cc1cc(Br)c[nH]c1=O. The second-order valence-electron chi connectivity index (χ2n) is 3.62. The summed E-state index contributed by atoms with van der Waals surface area (Å²) < 4.78 is 0.838. The summed E-state index contributed by atoms with van der Waals surface area (Å²) in [5, 5.41) is 3.10. The minimum atomic E-state index is -0.881. The molecular formula is C10H12BrNOS. The molecule has 14 heavy (non-hydrogen) atoms. The van der Waals surface area contributed by atoms with Crippen LogP contribution in [0.4, 0.5) is 0 Å². The third-order valence-electron chi connectivity index (χ3n) is 1.36. The Balaban J connectivity index is 3.13. The Morgan fingerprint density at radius 1 is 1.43 bits per heavy atom. The van der Waals surface area contributed by atoms with Gasteiger partial charge in [-0.3, -0.25) is 4.79 Å². The van der Waals surface area contributed by atoms with Gasteiger partial charge in [-0.05, 0) is 46.0 Å². The Morgan fingerprint density at radius 2 is 2.07 bits per heavy atom. The van der Waals surface area contributed by atoms with Crippen LogP contribution >= 0.6 is 26.0 Å². The second kappa shape index (κ2) is 4.24. The first-order valence-electron chi connectivity index (χ1n) is 3.98. The minimum Gasteiger partial charge on any atom is -0.327 e. The first-order chi connectivity index (χ1) is 6.38. The van der Waals surface area contributed by atoms with Crippen LogP contribution < -0.4 is 5.56 Å². The van der Waals surface area contributed by atoms with Gasteiger partial charge in [0.2, 0.25) is 0 Å². The van der Waals surface area contributed by atoms with E-state index in [9.17, 15) is 4.79 Å². The van der Waals surface area contributed by atoms with E-state index in [1.165, 1.54) is 0 Å². The number of nitrogens with one attached hydrogen (secondary N) is 1. The van der Waals surface area contributed by atoms with Gasteiger partial charge in [0.25, 0.3) is 5.56 Å². The highest BCUT2D eigenvalue weighted by molar-refractivity contribution is 9.10. The summed E-state index contributed by atoms with van der Waals surface area (Å²) in [6, 6.07) is 1.73. The van der Waals surface area contributed by atoms with Crippen molar-refractivity contribution in [3.63, 3.8) is 0 Å². The molecular weight excluding hydrogens is 262 g/mol. The van der Waals surface area contributed by atoms with Crippen LogP contribution in [0.1, 0.15) is 5.56 Å². The van der Waals surface area contributed by atoms with Gasteiger partial charge in [0, 0.05) is 10.7 Å². The number of halogens is 1. The summed E-state index contributed by atoms with van der Waals surface area (Å²) >= 11 is 3.29. The van der Waals surface area contributed by atoms with Crippen molar-refractivity contribution in [2.45, 2.75) is 0 Å². The third kappa shape index (κ3) is 3.60. The van der Waals surface area contributed by atoms with Crippen molar-refractivity contribution in [2.24, 2.45) is 0 Å². The van der Waals surface area contributed by atoms with Gasteiger partial charge in [0.15, 0.2) is 0 Å². The Kier molecular flexibility index (Phi) is 3.46. The van der Waals surface area contributed by atoms with Crippen molar-refractivity contribution in [1.82, 2.24) is 4.98 Å². The molecule has 0 spiro atoms. The van der Waals surface area contributed by atoms with Gasteiger partial charge in [0.1, 0.15) is 0 Å². The lowest BCUT2D eigenvalue weighted by Gasteiger charge is -2.14. The van der Waals surface area contributed by atoms with Gasteiger partial charge in [-0.25, -0.2) is 0 Å². The van der Waals surface area contributed by atoms with Crippen LogP contribution in [0.15, 0.2) is 21.5 Å². The van der Waals surface area contributed by atoms with Crippen LogP contribution in [0.5, 0.6) is 0 Å². The molecule has 0 saturated heterocycles. The van der Waals surface area contributed by atoms with Gasteiger partial charge < -0.3 is 4.98 Å². The molecule has 1 N–H and O–H groups in total. The second-order valence-corrected chi connectivity index (χ2v) is 8.42. The summed E-state index contributed by atoms with van der Waals surface area (Å²) in [7, 11) is -0.881. The number of H-pyrrole nitrogens is 1. The van der Waals surface area contributed by atoms with Crippen LogP contribution in [0.25, 0.3) is 0 Å². The molecule has 0 aromatic carbocycles. The number of aromatic nitrogens is 1. The largest absolute Gasteiger partial charge is 0.327 e. The fourth-order valence-corrected chi connectivity index (χ4v) is 1.52. The molecule has 4 heteroatoms. The Morgan fingerprint density at radius 3 is 2.64 bits per heavy atom. The number of hydrogen-bond acceptors (Lipinski definition) is 1. The first-order valence-corrected chi connectivity index (χ1v) is 7.63. The monoisotopic (exact) mass is 273 g/mol. The average molecular weight is 274 g/mol. The molecule has 0 fully saturated rings. The smallest absolute Gasteiger partial charge is 0.263 e. The zero-order valence-corrected chi connectivity index (χ0v) is 10.8. The van der Waals surface area contributed by atoms with Crippen molar-refractivity contribution in [3.05, 3.63) is 32.7 Å². The third-order valence-corrected chi connectivity index (χ3v) is 2.53. The predicted molar refractivity (Wildman–Crippen MR) is 67.0 cm³/mol. The van der Waals surface area contributed by atoms with E-state index in [1.54, 1.807) is 12.3 Å². The van der Waals surface area contributed by atoms with Crippen molar-refractivity contribution in [1.29, 1.82) is 0 Å². The number of pyridine rings is 1. The van der Waals surface area contributed by atoms with Gasteiger partial charge in [0.05, 0.1) is 5.56 Å². The molecule has 1 rings (SSSR count). The van der Waals surface area contributed by atoms with E-state index >= 15 is 0 Å². The fraction of sp³-hybridized carbons (Fsp3) is 0.300. The van der Waals surface area contributed by atoms with Crippen molar-refractivity contribution in [2.75, 3.05) is 18.8 Å². The quantitative estimate of drug-likeness (QED) is 0.722. The van der Waals surface area contributed by atoms with Crippen molar-refractivity contribution in [3.8, 4) is 11.2 Å². The zero-order chi connectivity index (χ0) is 10.8. The highest BCUT2D eigenvalue weighted by atomic mass is 79.9. The van der Waals surface area contributed by atoms with Crippen molar-refractivity contribution < 1.29 is 0 Å². The van der Waals surface area contributed by atoms with E-state index in [1.807, 2.05) is 0 Å². The Bertz CT molecular complexity index is 448. The molecule has 0 aliphatic carbocycles. The van der Waals surface area contributed by atoms with Crippen LogP contribution in [0, 0.1) is 11.2 Å². The van der Waals surface area contributed by atoms with Crippen LogP contribution in [0.3, 0.4) is 0 Å². The van der Waals surface area contributed by atoms with E-state index < -0.39 is 10.0 Å². The van der Waals surface area contributed by atoms with E-state index in [2.05, 4.69) is 50.9 Å². The Labute approximate surface area is 93.6 Å². The summed E-state index contributed by atoms with van der Waals surface area (Å²) in [5.41, 5.74) is 0.381. The zero-order valence-electron chi connectivity index (χ0n) is 8.35. The van der Waals surface area contributed by atoms with E-state index in [0.717, 1.165) is 4.47 Å². The number of rotatable bonds is 0. The highest BCUT2D eigenvalue weighted by Gasteiger charge is 1.99. The molecule has 0 unspecified atom stereocenters. The molecule has 0 amide bonds. The molecule has 1 heterocycles. The molecule has 1 aromatic heterocycles. The number of aromatic amines is 1. The Hall–Kier alpha value is -0.660. The molecule has 0 aliphatic heterocycles. The van der Waals surface area contributed by atoms with Gasteiger partial charge in [-0.15, -0.1) is 0 Å². The summed E-state index contributed by atoms with van der Waals surface area (Å²) in [5.74, 6) is 2.91. The van der Waals surface area contributed by atoms with Crippen LogP contribution in [0.2, 0.25) is 0 Å². The normalized spacial score (nSPS) is 11.7. The predicted octanol–water partition coefficient (Wildman–Crippen LogP) is 2.14. The lowest BCUT2D eigenvalue weighted by atomic mass is 10.3. The lowest BCUT2D eigenvalue weighted by molar-refractivity contribution is 1.21. The molecule has 0 saturated carbocycles. The standard InChI is InChI=1S/C10H12BrNOS/c1-14(2,3)5-4-8-6-9(11)7-12-10(8)13/h6-7H,1-3H3,(H,12,13). The molecule has 0 bridgehead atoms. The minimum absolute atomic E-state index is 0.135.